The Morgan fingerprint density at radius 3 is 2.50 bits per heavy atom. The fourth-order valence-electron chi connectivity index (χ4n) is 3.34. The molecule has 9 heteroatoms. The lowest BCUT2D eigenvalue weighted by Gasteiger charge is -2.36. The number of anilines is 1. The highest BCUT2D eigenvalue weighted by Crippen LogP contribution is 2.11. The molecule has 1 saturated heterocycles. The Morgan fingerprint density at radius 2 is 1.90 bits per heavy atom. The van der Waals surface area contributed by atoms with E-state index in [0.717, 1.165) is 69.6 Å². The Labute approximate surface area is 195 Å². The quantitative estimate of drug-likeness (QED) is 0.328. The summed E-state index contributed by atoms with van der Waals surface area (Å²) in [6.45, 7) is 9.83. The normalized spacial score (nSPS) is 14.9. The van der Waals surface area contributed by atoms with Crippen LogP contribution in [0.5, 0.6) is 0 Å². The van der Waals surface area contributed by atoms with Crippen molar-refractivity contribution in [3.63, 3.8) is 0 Å². The number of halogens is 1. The van der Waals surface area contributed by atoms with Crippen LogP contribution in [0.15, 0.2) is 46.1 Å². The molecule has 2 heterocycles. The maximum atomic E-state index is 11.1. The molecule has 1 aromatic carbocycles. The summed E-state index contributed by atoms with van der Waals surface area (Å²) in [5.74, 6) is 0.919. The number of aromatic nitrogens is 1. The van der Waals surface area contributed by atoms with Gasteiger partial charge in [0.2, 0.25) is 5.91 Å². The van der Waals surface area contributed by atoms with Gasteiger partial charge in [-0.15, -0.1) is 24.0 Å². The molecule has 1 fully saturated rings. The van der Waals surface area contributed by atoms with Gasteiger partial charge in [0.25, 0.3) is 0 Å². The third-order valence-corrected chi connectivity index (χ3v) is 4.82. The SMILES string of the molecule is CCNC(=NCCc1ccc(NC(C)=O)cc1)N1CCN(Cc2ccon2)CC1.I. The van der Waals surface area contributed by atoms with E-state index in [-0.39, 0.29) is 29.9 Å². The van der Waals surface area contributed by atoms with Crippen molar-refractivity contribution in [1.82, 2.24) is 20.3 Å². The van der Waals surface area contributed by atoms with Crippen molar-refractivity contribution < 1.29 is 9.32 Å². The summed E-state index contributed by atoms with van der Waals surface area (Å²) in [5.41, 5.74) is 3.00. The minimum absolute atomic E-state index is 0. The predicted molar refractivity (Wildman–Crippen MR) is 129 cm³/mol. The van der Waals surface area contributed by atoms with Crippen LogP contribution < -0.4 is 10.6 Å². The molecule has 0 radical (unpaired) electrons. The lowest BCUT2D eigenvalue weighted by Crippen LogP contribution is -2.52. The average molecular weight is 526 g/mol. The van der Waals surface area contributed by atoms with Gasteiger partial charge in [-0.2, -0.15) is 0 Å². The fourth-order valence-corrected chi connectivity index (χ4v) is 3.34. The molecule has 0 bridgehead atoms. The van der Waals surface area contributed by atoms with Crippen LogP contribution in [0.1, 0.15) is 25.1 Å². The van der Waals surface area contributed by atoms with E-state index in [2.05, 4.69) is 32.5 Å². The minimum Gasteiger partial charge on any atom is -0.364 e. The molecule has 1 aliphatic heterocycles. The van der Waals surface area contributed by atoms with Gasteiger partial charge in [-0.3, -0.25) is 14.7 Å². The van der Waals surface area contributed by atoms with Crippen molar-refractivity contribution >= 4 is 41.5 Å². The van der Waals surface area contributed by atoms with E-state index in [9.17, 15) is 4.79 Å². The fraction of sp³-hybridized carbons (Fsp3) is 0.476. The summed E-state index contributed by atoms with van der Waals surface area (Å²) >= 11 is 0. The third-order valence-electron chi connectivity index (χ3n) is 4.82. The minimum atomic E-state index is -0.0567. The van der Waals surface area contributed by atoms with Gasteiger partial charge in [0.1, 0.15) is 6.26 Å². The second-order valence-corrected chi connectivity index (χ2v) is 7.12. The first kappa shape index (κ1) is 24.1. The highest BCUT2D eigenvalue weighted by Gasteiger charge is 2.20. The molecular weight excluding hydrogens is 495 g/mol. The van der Waals surface area contributed by atoms with E-state index in [1.54, 1.807) is 6.26 Å². The lowest BCUT2D eigenvalue weighted by molar-refractivity contribution is -0.114. The molecule has 2 N–H and O–H groups in total. The number of carbonyl (C=O) groups is 1. The maximum Gasteiger partial charge on any atom is 0.221 e. The largest absolute Gasteiger partial charge is 0.364 e. The molecule has 0 unspecified atom stereocenters. The van der Waals surface area contributed by atoms with Gasteiger partial charge in [-0.1, -0.05) is 17.3 Å². The van der Waals surface area contributed by atoms with Crippen LogP contribution in [0.2, 0.25) is 0 Å². The van der Waals surface area contributed by atoms with Crippen LogP contribution >= 0.6 is 24.0 Å². The topological polar surface area (TPSA) is 86.0 Å². The number of carbonyl (C=O) groups excluding carboxylic acids is 1. The van der Waals surface area contributed by atoms with Crippen LogP contribution in [0.4, 0.5) is 5.69 Å². The van der Waals surface area contributed by atoms with Crippen LogP contribution in [-0.2, 0) is 17.8 Å². The number of amides is 1. The van der Waals surface area contributed by atoms with Gasteiger partial charge >= 0.3 is 0 Å². The number of rotatable bonds is 7. The Hall–Kier alpha value is -2.14. The number of aliphatic imine (C=N–C) groups is 1. The van der Waals surface area contributed by atoms with Crippen LogP contribution in [0, 0.1) is 0 Å². The number of hydrogen-bond donors (Lipinski definition) is 2. The molecule has 0 saturated carbocycles. The highest BCUT2D eigenvalue weighted by atomic mass is 127. The number of guanidine groups is 1. The Morgan fingerprint density at radius 1 is 1.17 bits per heavy atom. The Bertz CT molecular complexity index is 786. The first-order valence-corrected chi connectivity index (χ1v) is 10.2. The zero-order valence-corrected chi connectivity index (χ0v) is 20.0. The van der Waals surface area contributed by atoms with Crippen molar-refractivity contribution in [3.8, 4) is 0 Å². The monoisotopic (exact) mass is 526 g/mol. The number of benzene rings is 1. The Kier molecular flexibility index (Phi) is 10.1. The van der Waals surface area contributed by atoms with E-state index in [0.29, 0.717) is 0 Å². The van der Waals surface area contributed by atoms with Crippen LogP contribution in [0.25, 0.3) is 0 Å². The van der Waals surface area contributed by atoms with Gasteiger partial charge in [0.05, 0.1) is 5.69 Å². The zero-order valence-electron chi connectivity index (χ0n) is 17.6. The lowest BCUT2D eigenvalue weighted by atomic mass is 10.1. The van der Waals surface area contributed by atoms with Crippen molar-refractivity contribution in [2.45, 2.75) is 26.8 Å². The molecule has 30 heavy (non-hydrogen) atoms. The van der Waals surface area contributed by atoms with E-state index < -0.39 is 0 Å². The van der Waals surface area contributed by atoms with Crippen molar-refractivity contribution in [2.75, 3.05) is 44.6 Å². The van der Waals surface area contributed by atoms with Crippen LogP contribution in [0.3, 0.4) is 0 Å². The zero-order chi connectivity index (χ0) is 20.5. The molecule has 164 valence electrons. The van der Waals surface area contributed by atoms with Gasteiger partial charge in [-0.25, -0.2) is 0 Å². The maximum absolute atomic E-state index is 11.1. The Balaban J connectivity index is 0.00000320. The van der Waals surface area contributed by atoms with E-state index in [1.165, 1.54) is 12.5 Å². The van der Waals surface area contributed by atoms with Gasteiger partial charge in [0.15, 0.2) is 5.96 Å². The summed E-state index contributed by atoms with van der Waals surface area (Å²) in [7, 11) is 0. The number of hydrogen-bond acceptors (Lipinski definition) is 5. The standard InChI is InChI=1S/C21H30N6O2.HI/c1-3-22-21(23-10-8-18-4-6-19(7-5-18)24-17(2)28)27-13-11-26(12-14-27)16-20-9-15-29-25-20;/h4-7,9,15H,3,8,10-14,16H2,1-2H3,(H,22,23)(H,24,28);1H. The number of nitrogens with zero attached hydrogens (tertiary/aromatic N) is 4. The molecule has 8 nitrogen and oxygen atoms in total. The number of piperazine rings is 1. The number of nitrogens with one attached hydrogen (secondary N) is 2. The molecule has 0 spiro atoms. The van der Waals surface area contributed by atoms with Gasteiger partial charge in [-0.05, 0) is 31.0 Å². The summed E-state index contributed by atoms with van der Waals surface area (Å²) < 4.78 is 4.92. The molecule has 0 aliphatic carbocycles. The van der Waals surface area contributed by atoms with Crippen LogP contribution in [-0.4, -0.2) is 66.1 Å². The molecule has 1 aromatic heterocycles. The van der Waals surface area contributed by atoms with E-state index in [1.807, 2.05) is 30.3 Å². The second-order valence-electron chi connectivity index (χ2n) is 7.12. The molecular formula is C21H31IN6O2. The summed E-state index contributed by atoms with van der Waals surface area (Å²) in [4.78, 5) is 20.6. The van der Waals surface area contributed by atoms with Crippen molar-refractivity contribution in [1.29, 1.82) is 0 Å². The first-order valence-electron chi connectivity index (χ1n) is 10.2. The first-order chi connectivity index (χ1) is 14.1. The second kappa shape index (κ2) is 12.5. The molecule has 2 aromatic rings. The van der Waals surface area contributed by atoms with Gasteiger partial charge < -0.3 is 20.1 Å². The van der Waals surface area contributed by atoms with E-state index >= 15 is 0 Å². The molecule has 1 aliphatic rings. The molecule has 3 rings (SSSR count). The third kappa shape index (κ3) is 7.60. The summed E-state index contributed by atoms with van der Waals surface area (Å²) in [6, 6.07) is 9.85. The van der Waals surface area contributed by atoms with E-state index in [4.69, 9.17) is 9.52 Å². The molecule has 0 atom stereocenters. The van der Waals surface area contributed by atoms with Crippen molar-refractivity contribution in [2.24, 2.45) is 4.99 Å². The average Bonchev–Trinajstić information content (AvgIpc) is 3.22. The predicted octanol–water partition coefficient (Wildman–Crippen LogP) is 2.58. The smallest absolute Gasteiger partial charge is 0.221 e. The summed E-state index contributed by atoms with van der Waals surface area (Å²) in [6.07, 6.45) is 2.48. The van der Waals surface area contributed by atoms with Crippen molar-refractivity contribution in [3.05, 3.63) is 47.9 Å². The molecule has 1 amide bonds. The van der Waals surface area contributed by atoms with Gasteiger partial charge in [0, 0.05) is 64.5 Å². The summed E-state index contributed by atoms with van der Waals surface area (Å²) in [5, 5.41) is 10.2. The highest BCUT2D eigenvalue weighted by molar-refractivity contribution is 14.0.